The van der Waals surface area contributed by atoms with Crippen molar-refractivity contribution in [3.05, 3.63) is 64.7 Å². The first-order valence-electron chi connectivity index (χ1n) is 7.96. The lowest BCUT2D eigenvalue weighted by Gasteiger charge is -2.25. The zero-order valence-electron chi connectivity index (χ0n) is 13.7. The standard InChI is InChI=1S/C19H18F2N2O2/c1-25-19-6-12(2-3-14(19)9-22)10-23-11-15(24)8-18(23)13-4-5-16(20)17(21)7-13/h2-7,15,18,24H,8,10-11H2,1H3/t15-,18-/m1/s1. The molecule has 0 spiro atoms. The summed E-state index contributed by atoms with van der Waals surface area (Å²) in [7, 11) is 1.50. The Labute approximate surface area is 144 Å². The van der Waals surface area contributed by atoms with Gasteiger partial charge in [-0.25, -0.2) is 8.78 Å². The maximum Gasteiger partial charge on any atom is 0.159 e. The van der Waals surface area contributed by atoms with E-state index >= 15 is 0 Å². The Hall–Kier alpha value is -2.49. The molecule has 2 aromatic rings. The predicted octanol–water partition coefficient (Wildman–Crippen LogP) is 3.15. The lowest BCUT2D eigenvalue weighted by Crippen LogP contribution is -2.24. The van der Waals surface area contributed by atoms with E-state index in [-0.39, 0.29) is 6.04 Å². The van der Waals surface area contributed by atoms with E-state index in [4.69, 9.17) is 10.00 Å². The highest BCUT2D eigenvalue weighted by atomic mass is 19.2. The van der Waals surface area contributed by atoms with Crippen LogP contribution < -0.4 is 4.74 Å². The average molecular weight is 344 g/mol. The van der Waals surface area contributed by atoms with E-state index in [1.807, 2.05) is 11.0 Å². The molecule has 25 heavy (non-hydrogen) atoms. The van der Waals surface area contributed by atoms with Gasteiger partial charge in [0.2, 0.25) is 0 Å². The number of ether oxygens (including phenoxy) is 1. The second-order valence-electron chi connectivity index (χ2n) is 6.15. The largest absolute Gasteiger partial charge is 0.495 e. The molecular weight excluding hydrogens is 326 g/mol. The molecule has 6 heteroatoms. The van der Waals surface area contributed by atoms with Gasteiger partial charge in [-0.15, -0.1) is 0 Å². The lowest BCUT2D eigenvalue weighted by atomic mass is 10.0. The smallest absolute Gasteiger partial charge is 0.159 e. The monoisotopic (exact) mass is 344 g/mol. The minimum atomic E-state index is -0.890. The van der Waals surface area contributed by atoms with Crippen LogP contribution in [0.3, 0.4) is 0 Å². The molecule has 0 aromatic heterocycles. The summed E-state index contributed by atoms with van der Waals surface area (Å²) in [6.45, 7) is 0.939. The summed E-state index contributed by atoms with van der Waals surface area (Å²) in [5.74, 6) is -1.28. The summed E-state index contributed by atoms with van der Waals surface area (Å²) < 4.78 is 32.0. The highest BCUT2D eigenvalue weighted by molar-refractivity contribution is 5.45. The van der Waals surface area contributed by atoms with Crippen molar-refractivity contribution >= 4 is 0 Å². The van der Waals surface area contributed by atoms with Gasteiger partial charge >= 0.3 is 0 Å². The number of hydrogen-bond donors (Lipinski definition) is 1. The van der Waals surface area contributed by atoms with Crippen molar-refractivity contribution in [1.82, 2.24) is 4.90 Å². The Balaban J connectivity index is 1.85. The van der Waals surface area contributed by atoms with Crippen molar-refractivity contribution < 1.29 is 18.6 Å². The average Bonchev–Trinajstić information content (AvgIpc) is 2.97. The molecule has 0 bridgehead atoms. The first-order valence-corrected chi connectivity index (χ1v) is 7.96. The van der Waals surface area contributed by atoms with Crippen molar-refractivity contribution in [1.29, 1.82) is 5.26 Å². The van der Waals surface area contributed by atoms with E-state index in [1.165, 1.54) is 13.2 Å². The summed E-state index contributed by atoms with van der Waals surface area (Å²) in [5.41, 5.74) is 2.00. The number of aliphatic hydroxyl groups excluding tert-OH is 1. The van der Waals surface area contributed by atoms with Crippen LogP contribution in [0.5, 0.6) is 5.75 Å². The molecule has 1 fully saturated rings. The Morgan fingerprint density at radius 1 is 1.24 bits per heavy atom. The maximum atomic E-state index is 13.6. The highest BCUT2D eigenvalue weighted by Crippen LogP contribution is 2.34. The van der Waals surface area contributed by atoms with Crippen LogP contribution in [0.25, 0.3) is 0 Å². The number of benzene rings is 2. The molecule has 0 unspecified atom stereocenters. The summed E-state index contributed by atoms with van der Waals surface area (Å²) in [6, 6.07) is 11.0. The molecule has 2 atom stereocenters. The normalized spacial score (nSPS) is 20.4. The summed E-state index contributed by atoms with van der Waals surface area (Å²) >= 11 is 0. The van der Waals surface area contributed by atoms with Crippen molar-refractivity contribution in [2.45, 2.75) is 25.1 Å². The summed E-state index contributed by atoms with van der Waals surface area (Å²) in [5, 5.41) is 19.1. The first kappa shape index (κ1) is 17.3. The van der Waals surface area contributed by atoms with Crippen LogP contribution in [0.1, 0.15) is 29.2 Å². The number of β-amino-alcohol motifs (C(OH)–C–C–N with tert-alkyl or cyclic N) is 1. The first-order chi connectivity index (χ1) is 12.0. The molecule has 1 aliphatic rings. The number of nitriles is 1. The lowest BCUT2D eigenvalue weighted by molar-refractivity contribution is 0.172. The summed E-state index contributed by atoms with van der Waals surface area (Å²) in [4.78, 5) is 2.01. The Bertz CT molecular complexity index is 820. The molecule has 1 aliphatic heterocycles. The van der Waals surface area contributed by atoms with Crippen LogP contribution in [-0.2, 0) is 6.54 Å². The van der Waals surface area contributed by atoms with Gasteiger partial charge in [0.15, 0.2) is 11.6 Å². The molecule has 0 radical (unpaired) electrons. The maximum absolute atomic E-state index is 13.6. The Morgan fingerprint density at radius 3 is 2.72 bits per heavy atom. The van der Waals surface area contributed by atoms with E-state index in [1.54, 1.807) is 18.2 Å². The molecule has 0 aliphatic carbocycles. The van der Waals surface area contributed by atoms with Crippen LogP contribution >= 0.6 is 0 Å². The molecule has 3 rings (SSSR count). The molecule has 1 saturated heterocycles. The van der Waals surface area contributed by atoms with E-state index in [9.17, 15) is 13.9 Å². The van der Waals surface area contributed by atoms with Gasteiger partial charge in [0, 0.05) is 19.1 Å². The molecular formula is C19H18F2N2O2. The van der Waals surface area contributed by atoms with Crippen molar-refractivity contribution in [3.8, 4) is 11.8 Å². The Kier molecular flexibility index (Phi) is 4.98. The van der Waals surface area contributed by atoms with Crippen LogP contribution in [0.15, 0.2) is 36.4 Å². The summed E-state index contributed by atoms with van der Waals surface area (Å²) in [6.07, 6.45) is -0.0724. The zero-order valence-corrected chi connectivity index (χ0v) is 13.7. The number of hydrogen-bond acceptors (Lipinski definition) is 4. The highest BCUT2D eigenvalue weighted by Gasteiger charge is 2.32. The number of methoxy groups -OCH3 is 1. The van der Waals surface area contributed by atoms with E-state index in [0.717, 1.165) is 11.6 Å². The fourth-order valence-corrected chi connectivity index (χ4v) is 3.28. The van der Waals surface area contributed by atoms with E-state index in [2.05, 4.69) is 6.07 Å². The zero-order chi connectivity index (χ0) is 18.0. The molecule has 1 N–H and O–H groups in total. The van der Waals surface area contributed by atoms with Gasteiger partial charge in [-0.2, -0.15) is 5.26 Å². The second-order valence-corrected chi connectivity index (χ2v) is 6.15. The molecule has 0 saturated carbocycles. The van der Waals surface area contributed by atoms with Crippen LogP contribution in [0, 0.1) is 23.0 Å². The third-order valence-electron chi connectivity index (χ3n) is 4.48. The molecule has 1 heterocycles. The quantitative estimate of drug-likeness (QED) is 0.926. The number of likely N-dealkylation sites (tertiary alicyclic amines) is 1. The van der Waals surface area contributed by atoms with Crippen molar-refractivity contribution in [2.24, 2.45) is 0 Å². The van der Waals surface area contributed by atoms with Crippen molar-refractivity contribution in [3.63, 3.8) is 0 Å². The number of rotatable bonds is 4. The topological polar surface area (TPSA) is 56.5 Å². The Morgan fingerprint density at radius 2 is 2.04 bits per heavy atom. The molecule has 0 amide bonds. The predicted molar refractivity (Wildman–Crippen MR) is 87.8 cm³/mol. The molecule has 2 aromatic carbocycles. The fourth-order valence-electron chi connectivity index (χ4n) is 3.28. The van der Waals surface area contributed by atoms with Crippen LogP contribution in [0.4, 0.5) is 8.78 Å². The van der Waals surface area contributed by atoms with Gasteiger partial charge in [0.05, 0.1) is 18.8 Å². The molecule has 130 valence electrons. The minimum absolute atomic E-state index is 0.202. The van der Waals surface area contributed by atoms with E-state index in [0.29, 0.717) is 36.4 Å². The van der Waals surface area contributed by atoms with Gasteiger partial charge in [-0.05, 0) is 41.8 Å². The van der Waals surface area contributed by atoms with Gasteiger partial charge in [0.25, 0.3) is 0 Å². The van der Waals surface area contributed by atoms with Gasteiger partial charge in [0.1, 0.15) is 11.8 Å². The number of halogens is 2. The van der Waals surface area contributed by atoms with Gasteiger partial charge in [-0.3, -0.25) is 4.90 Å². The van der Waals surface area contributed by atoms with Crippen molar-refractivity contribution in [2.75, 3.05) is 13.7 Å². The SMILES string of the molecule is COc1cc(CN2C[C@H](O)C[C@@H]2c2ccc(F)c(F)c2)ccc1C#N. The van der Waals surface area contributed by atoms with Gasteiger partial charge in [-0.1, -0.05) is 12.1 Å². The van der Waals surface area contributed by atoms with E-state index < -0.39 is 17.7 Å². The van der Waals surface area contributed by atoms with Crippen LogP contribution in [0.2, 0.25) is 0 Å². The second kappa shape index (κ2) is 7.18. The van der Waals surface area contributed by atoms with Gasteiger partial charge < -0.3 is 9.84 Å². The third-order valence-corrected chi connectivity index (χ3v) is 4.48. The minimum Gasteiger partial charge on any atom is -0.495 e. The molecule has 4 nitrogen and oxygen atoms in total. The van der Waals surface area contributed by atoms with Crippen LogP contribution in [-0.4, -0.2) is 29.8 Å². The fraction of sp³-hybridized carbons (Fsp3) is 0.316. The third kappa shape index (κ3) is 3.63. The number of aliphatic hydroxyl groups is 1. The number of nitrogens with zero attached hydrogens (tertiary/aromatic N) is 2.